The van der Waals surface area contributed by atoms with Gasteiger partial charge in [0.1, 0.15) is 5.69 Å². The number of alkyl halides is 3. The van der Waals surface area contributed by atoms with Gasteiger partial charge in [-0.05, 0) is 28.7 Å². The molecule has 0 bridgehead atoms. The molecule has 1 aromatic heterocycles. The Kier molecular flexibility index (Phi) is 4.38. The molecular weight excluding hydrogens is 387 g/mol. The lowest BCUT2D eigenvalue weighted by Gasteiger charge is -2.07. The summed E-state index contributed by atoms with van der Waals surface area (Å²) in [6.07, 6.45) is -2.77. The number of carboxylic acid groups (broad SMARTS) is 1. The lowest BCUT2D eigenvalue weighted by atomic mass is 10.2. The highest BCUT2D eigenvalue weighted by Crippen LogP contribution is 2.26. The van der Waals surface area contributed by atoms with E-state index in [0.717, 1.165) is 0 Å². The number of aromatic carboxylic acids is 1. The second kappa shape index (κ2) is 5.15. The molecule has 0 unspecified atom stereocenters. The molecule has 82 valence electrons. The van der Waals surface area contributed by atoms with Gasteiger partial charge in [0.25, 0.3) is 6.43 Å². The summed E-state index contributed by atoms with van der Waals surface area (Å²) in [6, 6.07) is 1.28. The monoisotopic (exact) mass is 391 g/mol. The van der Waals surface area contributed by atoms with Crippen LogP contribution in [0.4, 0.5) is 8.78 Å². The Balaban J connectivity index is 3.40. The number of halogens is 4. The van der Waals surface area contributed by atoms with Gasteiger partial charge in [-0.2, -0.15) is 0 Å². The average molecular weight is 392 g/mol. The van der Waals surface area contributed by atoms with Gasteiger partial charge in [0.2, 0.25) is 0 Å². The Morgan fingerprint density at radius 1 is 1.67 bits per heavy atom. The highest BCUT2D eigenvalue weighted by molar-refractivity contribution is 14.1. The Morgan fingerprint density at radius 2 is 2.27 bits per heavy atom. The predicted molar refractivity (Wildman–Crippen MR) is 61.5 cm³/mol. The van der Waals surface area contributed by atoms with Gasteiger partial charge in [-0.15, -0.1) is 0 Å². The van der Waals surface area contributed by atoms with Crippen LogP contribution < -0.4 is 0 Å². The first-order valence-electron chi connectivity index (χ1n) is 3.74. The zero-order chi connectivity index (χ0) is 11.6. The van der Waals surface area contributed by atoms with Crippen molar-refractivity contribution >= 4 is 44.5 Å². The first-order chi connectivity index (χ1) is 6.97. The zero-order valence-corrected chi connectivity index (χ0v) is 10.9. The van der Waals surface area contributed by atoms with Crippen molar-refractivity contribution in [2.75, 3.05) is 0 Å². The number of nitrogens with zero attached hydrogens (tertiary/aromatic N) is 1. The van der Waals surface area contributed by atoms with Crippen molar-refractivity contribution in [2.24, 2.45) is 0 Å². The van der Waals surface area contributed by atoms with Crippen LogP contribution in [0.1, 0.15) is 28.2 Å². The molecule has 1 heterocycles. The molecule has 0 fully saturated rings. The van der Waals surface area contributed by atoms with E-state index in [-0.39, 0.29) is 20.2 Å². The summed E-state index contributed by atoms with van der Waals surface area (Å²) in [4.78, 5) is 14.4. The largest absolute Gasteiger partial charge is 0.478 e. The molecule has 1 rings (SSSR count). The number of aromatic nitrogens is 1. The minimum Gasteiger partial charge on any atom is -0.478 e. The minimum absolute atomic E-state index is 0.0141. The Bertz CT molecular complexity index is 400. The molecule has 0 aliphatic carbocycles. The van der Waals surface area contributed by atoms with E-state index < -0.39 is 18.1 Å². The molecule has 1 aromatic rings. The Morgan fingerprint density at radius 3 is 2.67 bits per heavy atom. The van der Waals surface area contributed by atoms with Crippen molar-refractivity contribution in [1.82, 2.24) is 4.98 Å². The molecule has 0 saturated heterocycles. The van der Waals surface area contributed by atoms with Crippen molar-refractivity contribution < 1.29 is 18.7 Å². The van der Waals surface area contributed by atoms with E-state index >= 15 is 0 Å². The van der Waals surface area contributed by atoms with Crippen molar-refractivity contribution in [1.29, 1.82) is 0 Å². The van der Waals surface area contributed by atoms with E-state index in [1.165, 1.54) is 6.07 Å². The summed E-state index contributed by atoms with van der Waals surface area (Å²) in [7, 11) is 0. The average Bonchev–Trinajstić information content (AvgIpc) is 2.17. The summed E-state index contributed by atoms with van der Waals surface area (Å²) in [5.41, 5.74) is -0.344. The van der Waals surface area contributed by atoms with Crippen LogP contribution in [0.3, 0.4) is 0 Å². The zero-order valence-electron chi connectivity index (χ0n) is 7.18. The Labute approximate surface area is 106 Å². The maximum absolute atomic E-state index is 12.5. The number of rotatable bonds is 3. The number of carboxylic acids is 1. The number of hydrogen-bond donors (Lipinski definition) is 1. The second-order valence-corrected chi connectivity index (χ2v) is 4.24. The molecule has 3 nitrogen and oxygen atoms in total. The van der Waals surface area contributed by atoms with Crippen LogP contribution in [0.5, 0.6) is 0 Å². The number of pyridine rings is 1. The predicted octanol–water partition coefficient (Wildman–Crippen LogP) is 3.22. The van der Waals surface area contributed by atoms with Crippen molar-refractivity contribution in [3.05, 3.63) is 26.6 Å². The van der Waals surface area contributed by atoms with Crippen molar-refractivity contribution in [3.63, 3.8) is 0 Å². The maximum Gasteiger partial charge on any atom is 0.336 e. The summed E-state index contributed by atoms with van der Waals surface area (Å²) in [5, 5.41) is 9.04. The van der Waals surface area contributed by atoms with Crippen LogP contribution in [0, 0.1) is 3.57 Å². The molecular formula is C8H5BrF2INO2. The smallest absolute Gasteiger partial charge is 0.336 e. The summed E-state index contributed by atoms with van der Waals surface area (Å²) in [6.45, 7) is 0. The van der Waals surface area contributed by atoms with Crippen LogP contribution in [0.25, 0.3) is 0 Å². The van der Waals surface area contributed by atoms with Crippen LogP contribution in [0.2, 0.25) is 0 Å². The third-order valence-corrected chi connectivity index (χ3v) is 3.32. The standard InChI is InChI=1S/C8H5BrF2INO2/c9-2-3-1-4(8(14)15)5(12)6(13-3)7(10)11/h1,7H,2H2,(H,14,15). The highest BCUT2D eigenvalue weighted by Gasteiger charge is 2.20. The normalized spacial score (nSPS) is 10.7. The SMILES string of the molecule is O=C(O)c1cc(CBr)nc(C(F)F)c1I. The van der Waals surface area contributed by atoms with Gasteiger partial charge in [0.05, 0.1) is 14.8 Å². The van der Waals surface area contributed by atoms with Gasteiger partial charge in [-0.25, -0.2) is 18.6 Å². The molecule has 0 aliphatic rings. The highest BCUT2D eigenvalue weighted by atomic mass is 127. The first kappa shape index (κ1) is 12.8. The third kappa shape index (κ3) is 2.83. The topological polar surface area (TPSA) is 50.2 Å². The lowest BCUT2D eigenvalue weighted by Crippen LogP contribution is -2.07. The van der Waals surface area contributed by atoms with Gasteiger partial charge >= 0.3 is 5.97 Å². The van der Waals surface area contributed by atoms with Gasteiger partial charge in [-0.1, -0.05) is 15.9 Å². The summed E-state index contributed by atoms with van der Waals surface area (Å²) < 4.78 is 25.0. The van der Waals surface area contributed by atoms with E-state index in [0.29, 0.717) is 0 Å². The number of carbonyl (C=O) groups is 1. The first-order valence-corrected chi connectivity index (χ1v) is 5.94. The number of hydrogen-bond acceptors (Lipinski definition) is 2. The van der Waals surface area contributed by atoms with E-state index in [2.05, 4.69) is 20.9 Å². The van der Waals surface area contributed by atoms with Gasteiger partial charge in [0, 0.05) is 5.33 Å². The van der Waals surface area contributed by atoms with Gasteiger partial charge in [0.15, 0.2) is 0 Å². The maximum atomic E-state index is 12.5. The van der Waals surface area contributed by atoms with Crippen molar-refractivity contribution in [2.45, 2.75) is 11.8 Å². The second-order valence-electron chi connectivity index (χ2n) is 2.60. The molecule has 0 spiro atoms. The molecule has 0 amide bonds. The fourth-order valence-electron chi connectivity index (χ4n) is 0.973. The van der Waals surface area contributed by atoms with Crippen LogP contribution in [0.15, 0.2) is 6.07 Å². The third-order valence-electron chi connectivity index (χ3n) is 1.61. The van der Waals surface area contributed by atoms with E-state index in [1.54, 1.807) is 22.6 Å². The molecule has 15 heavy (non-hydrogen) atoms. The minimum atomic E-state index is -2.77. The lowest BCUT2D eigenvalue weighted by molar-refractivity contribution is 0.0694. The molecule has 0 radical (unpaired) electrons. The van der Waals surface area contributed by atoms with E-state index in [9.17, 15) is 13.6 Å². The van der Waals surface area contributed by atoms with Gasteiger partial charge in [-0.3, -0.25) is 0 Å². The quantitative estimate of drug-likeness (QED) is 0.635. The fourth-order valence-corrected chi connectivity index (χ4v) is 2.00. The molecule has 0 saturated carbocycles. The molecule has 7 heteroatoms. The fraction of sp³-hybridized carbons (Fsp3) is 0.250. The molecule has 1 N–H and O–H groups in total. The van der Waals surface area contributed by atoms with Gasteiger partial charge < -0.3 is 5.11 Å². The van der Waals surface area contributed by atoms with Crippen LogP contribution in [-0.2, 0) is 5.33 Å². The van der Waals surface area contributed by atoms with E-state index in [1.807, 2.05) is 0 Å². The van der Waals surface area contributed by atoms with Crippen LogP contribution in [-0.4, -0.2) is 16.1 Å². The van der Waals surface area contributed by atoms with Crippen molar-refractivity contribution in [3.8, 4) is 0 Å². The Hall–Kier alpha value is -0.310. The summed E-state index contributed by atoms with van der Waals surface area (Å²) >= 11 is 4.61. The molecule has 0 aliphatic heterocycles. The summed E-state index contributed by atoms with van der Waals surface area (Å²) in [5.74, 6) is -1.23. The molecule has 0 atom stereocenters. The van der Waals surface area contributed by atoms with Crippen LogP contribution >= 0.6 is 38.5 Å². The van der Waals surface area contributed by atoms with E-state index in [4.69, 9.17) is 5.11 Å². The molecule has 0 aromatic carbocycles.